The Morgan fingerprint density at radius 3 is 2.88 bits per heavy atom. The van der Waals surface area contributed by atoms with Crippen molar-refractivity contribution in [2.75, 3.05) is 6.61 Å². The van der Waals surface area contributed by atoms with Gasteiger partial charge in [0.15, 0.2) is 0 Å². The van der Waals surface area contributed by atoms with Crippen molar-refractivity contribution in [2.24, 2.45) is 5.73 Å². The third-order valence-corrected chi connectivity index (χ3v) is 4.93. The number of benzene rings is 1. The Hall–Kier alpha value is -0.520. The molecule has 92 valence electrons. The first-order valence-electron chi connectivity index (χ1n) is 5.50. The van der Waals surface area contributed by atoms with E-state index in [0.29, 0.717) is 11.4 Å². The predicted molar refractivity (Wildman–Crippen MR) is 74.8 cm³/mol. The van der Waals surface area contributed by atoms with Crippen LogP contribution in [0.4, 0.5) is 0 Å². The van der Waals surface area contributed by atoms with Gasteiger partial charge in [0.2, 0.25) is 0 Å². The summed E-state index contributed by atoms with van der Waals surface area (Å²) >= 11 is 5.27. The molecule has 0 aliphatic carbocycles. The van der Waals surface area contributed by atoms with E-state index in [9.17, 15) is 0 Å². The van der Waals surface area contributed by atoms with Crippen LogP contribution in [0.1, 0.15) is 18.9 Å². The molecule has 1 fully saturated rings. The summed E-state index contributed by atoms with van der Waals surface area (Å²) in [5, 5.41) is 7.94. The Balaban J connectivity index is 2.12. The van der Waals surface area contributed by atoms with Gasteiger partial charge >= 0.3 is 0 Å². The minimum Gasteiger partial charge on any atom is -0.384 e. The minimum absolute atomic E-state index is 0.0889. The number of halogens is 1. The van der Waals surface area contributed by atoms with E-state index in [1.807, 2.05) is 30.0 Å². The summed E-state index contributed by atoms with van der Waals surface area (Å²) in [5.41, 5.74) is 6.22. The zero-order chi connectivity index (χ0) is 12.4. The van der Waals surface area contributed by atoms with Crippen LogP contribution < -0.4 is 5.73 Å². The van der Waals surface area contributed by atoms with Gasteiger partial charge in [0.05, 0.1) is 6.10 Å². The van der Waals surface area contributed by atoms with Crippen LogP contribution in [0.5, 0.6) is 0 Å². The Bertz CT molecular complexity index is 439. The zero-order valence-electron chi connectivity index (χ0n) is 9.57. The lowest BCUT2D eigenvalue weighted by atomic mass is 10.2. The van der Waals surface area contributed by atoms with Crippen LogP contribution in [-0.4, -0.2) is 23.8 Å². The number of thioether (sulfide) groups is 1. The van der Waals surface area contributed by atoms with E-state index >= 15 is 0 Å². The van der Waals surface area contributed by atoms with Crippen LogP contribution in [0, 0.1) is 5.41 Å². The summed E-state index contributed by atoms with van der Waals surface area (Å²) in [6.45, 7) is 2.97. The van der Waals surface area contributed by atoms with E-state index in [1.165, 1.54) is 4.90 Å². The molecule has 0 spiro atoms. The number of ether oxygens (including phenoxy) is 1. The van der Waals surface area contributed by atoms with Gasteiger partial charge in [-0.3, -0.25) is 5.41 Å². The fourth-order valence-electron chi connectivity index (χ4n) is 1.83. The number of amidine groups is 1. The second-order valence-electron chi connectivity index (χ2n) is 4.08. The summed E-state index contributed by atoms with van der Waals surface area (Å²) in [4.78, 5) is 1.18. The molecule has 0 amide bonds. The van der Waals surface area contributed by atoms with Gasteiger partial charge in [-0.1, -0.05) is 0 Å². The number of hydrogen-bond acceptors (Lipinski definition) is 3. The van der Waals surface area contributed by atoms with Gasteiger partial charge in [-0.05, 0) is 47.5 Å². The molecule has 1 aromatic carbocycles. The Morgan fingerprint density at radius 1 is 1.59 bits per heavy atom. The molecule has 1 saturated heterocycles. The van der Waals surface area contributed by atoms with Crippen molar-refractivity contribution in [2.45, 2.75) is 29.6 Å². The lowest BCUT2D eigenvalue weighted by Gasteiger charge is -2.14. The highest BCUT2D eigenvalue weighted by Gasteiger charge is 2.25. The van der Waals surface area contributed by atoms with Crippen LogP contribution in [0.15, 0.2) is 27.6 Å². The van der Waals surface area contributed by atoms with Gasteiger partial charge in [-0.2, -0.15) is 0 Å². The monoisotopic (exact) mass is 314 g/mol. The van der Waals surface area contributed by atoms with Gasteiger partial charge in [0.25, 0.3) is 0 Å². The van der Waals surface area contributed by atoms with Gasteiger partial charge in [0.1, 0.15) is 5.84 Å². The first kappa shape index (κ1) is 12.9. The summed E-state index contributed by atoms with van der Waals surface area (Å²) in [7, 11) is 0. The highest BCUT2D eigenvalue weighted by Crippen LogP contribution is 2.34. The maximum atomic E-state index is 7.42. The van der Waals surface area contributed by atoms with E-state index in [0.717, 1.165) is 23.1 Å². The quantitative estimate of drug-likeness (QED) is 0.666. The molecule has 2 atom stereocenters. The Kier molecular flexibility index (Phi) is 4.12. The maximum absolute atomic E-state index is 7.42. The molecule has 2 unspecified atom stereocenters. The molecule has 0 saturated carbocycles. The number of rotatable bonds is 3. The molecule has 2 rings (SSSR count). The standard InChI is InChI=1S/C12H15BrN2OS/c1-7-11(4-5-16-7)17-8-2-3-9(12(14)15)10(13)6-8/h2-3,6-7,11H,4-5H2,1H3,(H3,14,15). The van der Waals surface area contributed by atoms with Crippen LogP contribution in [-0.2, 0) is 4.74 Å². The summed E-state index contributed by atoms with van der Waals surface area (Å²) < 4.78 is 6.42. The Labute approximate surface area is 114 Å². The molecule has 3 N–H and O–H groups in total. The molecule has 3 nitrogen and oxygen atoms in total. The normalized spacial score (nSPS) is 23.9. The van der Waals surface area contributed by atoms with Crippen LogP contribution >= 0.6 is 27.7 Å². The third kappa shape index (κ3) is 3.03. The summed E-state index contributed by atoms with van der Waals surface area (Å²) in [5.74, 6) is 0.0889. The van der Waals surface area contributed by atoms with E-state index in [4.69, 9.17) is 15.9 Å². The molecule has 5 heteroatoms. The topological polar surface area (TPSA) is 59.1 Å². The fraction of sp³-hybridized carbons (Fsp3) is 0.417. The molecule has 1 aliphatic heterocycles. The molecule has 1 aromatic rings. The Morgan fingerprint density at radius 2 is 2.35 bits per heavy atom. The smallest absolute Gasteiger partial charge is 0.123 e. The molecular formula is C12H15BrN2OS. The van der Waals surface area contributed by atoms with Crippen molar-refractivity contribution in [3.63, 3.8) is 0 Å². The lowest BCUT2D eigenvalue weighted by Crippen LogP contribution is -2.13. The van der Waals surface area contributed by atoms with Crippen molar-refractivity contribution in [1.82, 2.24) is 0 Å². The maximum Gasteiger partial charge on any atom is 0.123 e. The van der Waals surface area contributed by atoms with Gasteiger partial charge in [-0.25, -0.2) is 0 Å². The van der Waals surface area contributed by atoms with Gasteiger partial charge < -0.3 is 10.5 Å². The van der Waals surface area contributed by atoms with Crippen LogP contribution in [0.25, 0.3) is 0 Å². The first-order chi connectivity index (χ1) is 8.08. The molecular weight excluding hydrogens is 300 g/mol. The molecule has 0 radical (unpaired) electrons. The number of hydrogen-bond donors (Lipinski definition) is 2. The lowest BCUT2D eigenvalue weighted by molar-refractivity contribution is 0.127. The van der Waals surface area contributed by atoms with E-state index in [-0.39, 0.29) is 5.84 Å². The van der Waals surface area contributed by atoms with E-state index < -0.39 is 0 Å². The molecule has 0 bridgehead atoms. The minimum atomic E-state index is 0.0889. The first-order valence-corrected chi connectivity index (χ1v) is 7.17. The summed E-state index contributed by atoms with van der Waals surface area (Å²) in [6, 6.07) is 5.92. The average Bonchev–Trinajstić information content (AvgIpc) is 2.64. The SMILES string of the molecule is CC1OCCC1Sc1ccc(C(=N)N)c(Br)c1. The highest BCUT2D eigenvalue weighted by atomic mass is 79.9. The molecule has 0 aromatic heterocycles. The average molecular weight is 315 g/mol. The number of nitrogens with one attached hydrogen (secondary N) is 1. The number of nitrogen functional groups attached to an aromatic ring is 1. The van der Waals surface area contributed by atoms with Gasteiger partial charge in [-0.15, -0.1) is 11.8 Å². The molecule has 1 heterocycles. The van der Waals surface area contributed by atoms with Crippen molar-refractivity contribution in [1.29, 1.82) is 5.41 Å². The number of nitrogens with two attached hydrogens (primary N) is 1. The fourth-order valence-corrected chi connectivity index (χ4v) is 3.74. The third-order valence-electron chi connectivity index (χ3n) is 2.82. The van der Waals surface area contributed by atoms with E-state index in [2.05, 4.69) is 22.9 Å². The zero-order valence-corrected chi connectivity index (χ0v) is 12.0. The molecule has 17 heavy (non-hydrogen) atoms. The van der Waals surface area contributed by atoms with Crippen LogP contribution in [0.3, 0.4) is 0 Å². The second kappa shape index (κ2) is 5.42. The van der Waals surface area contributed by atoms with Crippen molar-refractivity contribution >= 4 is 33.5 Å². The van der Waals surface area contributed by atoms with Crippen molar-refractivity contribution < 1.29 is 4.74 Å². The van der Waals surface area contributed by atoms with Crippen molar-refractivity contribution in [3.05, 3.63) is 28.2 Å². The van der Waals surface area contributed by atoms with Crippen LogP contribution in [0.2, 0.25) is 0 Å². The largest absolute Gasteiger partial charge is 0.384 e. The van der Waals surface area contributed by atoms with Gasteiger partial charge in [0, 0.05) is 26.8 Å². The summed E-state index contributed by atoms with van der Waals surface area (Å²) in [6.07, 6.45) is 1.41. The predicted octanol–water partition coefficient (Wildman–Crippen LogP) is 3.00. The molecule has 1 aliphatic rings. The van der Waals surface area contributed by atoms with Crippen molar-refractivity contribution in [3.8, 4) is 0 Å². The highest BCUT2D eigenvalue weighted by molar-refractivity contribution is 9.10. The second-order valence-corrected chi connectivity index (χ2v) is 6.24. The van der Waals surface area contributed by atoms with E-state index in [1.54, 1.807) is 0 Å².